The molecule has 2 aromatic heterocycles. The van der Waals surface area contributed by atoms with E-state index < -0.39 is 12.0 Å². The van der Waals surface area contributed by atoms with Crippen molar-refractivity contribution in [3.05, 3.63) is 90.4 Å². The van der Waals surface area contributed by atoms with E-state index in [-0.39, 0.29) is 17.3 Å². The molecule has 5 rings (SSSR count). The molecule has 3 heterocycles. The Labute approximate surface area is 188 Å². The number of nitrogens with zero attached hydrogens (tertiary/aromatic N) is 5. The second kappa shape index (κ2) is 8.87. The zero-order valence-electron chi connectivity index (χ0n) is 17.4. The molecule has 166 valence electrons. The lowest BCUT2D eigenvalue weighted by Gasteiger charge is -2.24. The van der Waals surface area contributed by atoms with Crippen molar-refractivity contribution >= 4 is 5.91 Å². The normalized spacial score (nSPS) is 15.7. The van der Waals surface area contributed by atoms with E-state index in [0.29, 0.717) is 36.8 Å². The molecule has 1 amide bonds. The summed E-state index contributed by atoms with van der Waals surface area (Å²) in [5, 5.41) is 4.52. The van der Waals surface area contributed by atoms with Gasteiger partial charge in [-0.15, -0.1) is 0 Å². The van der Waals surface area contributed by atoms with Crippen LogP contribution in [0.15, 0.2) is 73.2 Å². The fourth-order valence-electron chi connectivity index (χ4n) is 3.78. The van der Waals surface area contributed by atoms with Crippen LogP contribution in [0.2, 0.25) is 0 Å². The van der Waals surface area contributed by atoms with Crippen LogP contribution in [0.4, 0.5) is 8.78 Å². The summed E-state index contributed by atoms with van der Waals surface area (Å²) < 4.78 is 34.7. The summed E-state index contributed by atoms with van der Waals surface area (Å²) in [6.07, 6.45) is 4.33. The number of rotatable bonds is 5. The Kier molecular flexibility index (Phi) is 5.62. The van der Waals surface area contributed by atoms with Gasteiger partial charge in [0, 0.05) is 36.3 Å². The van der Waals surface area contributed by atoms with Gasteiger partial charge in [0.15, 0.2) is 12.1 Å². The van der Waals surface area contributed by atoms with Crippen LogP contribution >= 0.6 is 0 Å². The molecule has 9 heteroatoms. The highest BCUT2D eigenvalue weighted by Gasteiger charge is 2.32. The van der Waals surface area contributed by atoms with E-state index in [1.54, 1.807) is 46.4 Å². The average molecular weight is 447 g/mol. The zero-order chi connectivity index (χ0) is 22.8. The highest BCUT2D eigenvalue weighted by atomic mass is 19.1. The van der Waals surface area contributed by atoms with Crippen molar-refractivity contribution in [2.75, 3.05) is 13.2 Å². The molecule has 0 spiro atoms. The predicted molar refractivity (Wildman–Crippen MR) is 116 cm³/mol. The Morgan fingerprint density at radius 3 is 2.58 bits per heavy atom. The summed E-state index contributed by atoms with van der Waals surface area (Å²) in [4.78, 5) is 23.4. The maximum Gasteiger partial charge on any atom is 0.256 e. The first-order valence-corrected chi connectivity index (χ1v) is 10.4. The van der Waals surface area contributed by atoms with Crippen LogP contribution in [0, 0.1) is 11.6 Å². The highest BCUT2D eigenvalue weighted by Crippen LogP contribution is 2.25. The van der Waals surface area contributed by atoms with Crippen LogP contribution in [0.5, 0.6) is 0 Å². The minimum atomic E-state index is -0.578. The van der Waals surface area contributed by atoms with E-state index in [0.717, 1.165) is 5.56 Å². The van der Waals surface area contributed by atoms with Gasteiger partial charge in [0.2, 0.25) is 0 Å². The molecular weight excluding hydrogens is 428 g/mol. The summed E-state index contributed by atoms with van der Waals surface area (Å²) in [6.45, 7) is 1.01. The fourth-order valence-corrected chi connectivity index (χ4v) is 3.78. The van der Waals surface area contributed by atoms with Gasteiger partial charge >= 0.3 is 0 Å². The van der Waals surface area contributed by atoms with Gasteiger partial charge in [0.1, 0.15) is 11.6 Å². The van der Waals surface area contributed by atoms with Gasteiger partial charge in [-0.25, -0.2) is 18.7 Å². The lowest BCUT2D eigenvalue weighted by atomic mass is 10.0. The van der Waals surface area contributed by atoms with E-state index in [2.05, 4.69) is 15.1 Å². The van der Waals surface area contributed by atoms with E-state index in [1.807, 2.05) is 6.07 Å². The summed E-state index contributed by atoms with van der Waals surface area (Å²) >= 11 is 0. The Hall–Kier alpha value is -3.98. The van der Waals surface area contributed by atoms with Crippen molar-refractivity contribution in [2.45, 2.75) is 12.8 Å². The van der Waals surface area contributed by atoms with E-state index in [4.69, 9.17) is 4.74 Å². The molecule has 7 nitrogen and oxygen atoms in total. The first-order chi connectivity index (χ1) is 16.1. The van der Waals surface area contributed by atoms with Crippen molar-refractivity contribution < 1.29 is 18.3 Å². The van der Waals surface area contributed by atoms with Gasteiger partial charge < -0.3 is 9.64 Å². The average Bonchev–Trinajstić information content (AvgIpc) is 3.50. The predicted octanol–water partition coefficient (Wildman–Crippen LogP) is 3.78. The van der Waals surface area contributed by atoms with Crippen LogP contribution in [0.25, 0.3) is 22.6 Å². The number of benzene rings is 2. The molecular formula is C24H19F2N5O2. The molecule has 0 N–H and O–H groups in total. The zero-order valence-corrected chi connectivity index (χ0v) is 17.4. The number of carbonyl (C=O) groups is 1. The first kappa shape index (κ1) is 20.9. The Bertz CT molecular complexity index is 1280. The van der Waals surface area contributed by atoms with Crippen molar-refractivity contribution in [3.8, 4) is 22.6 Å². The Morgan fingerprint density at radius 2 is 1.79 bits per heavy atom. The molecule has 0 aliphatic carbocycles. The Morgan fingerprint density at radius 1 is 1.03 bits per heavy atom. The molecule has 0 saturated carbocycles. The number of halogens is 2. The second-order valence-electron chi connectivity index (χ2n) is 7.52. The Balaban J connectivity index is 1.38. The van der Waals surface area contributed by atoms with Crippen molar-refractivity contribution in [2.24, 2.45) is 0 Å². The summed E-state index contributed by atoms with van der Waals surface area (Å²) in [7, 11) is 0. The van der Waals surface area contributed by atoms with E-state index in [1.165, 1.54) is 30.3 Å². The van der Waals surface area contributed by atoms with Crippen molar-refractivity contribution in [1.29, 1.82) is 0 Å². The number of amides is 1. The maximum atomic E-state index is 14.1. The van der Waals surface area contributed by atoms with E-state index >= 15 is 0 Å². The van der Waals surface area contributed by atoms with Gasteiger partial charge in [-0.1, -0.05) is 0 Å². The van der Waals surface area contributed by atoms with Crippen LogP contribution < -0.4 is 0 Å². The van der Waals surface area contributed by atoms with Crippen LogP contribution in [-0.2, 0) is 11.3 Å². The highest BCUT2D eigenvalue weighted by molar-refractivity contribution is 6.00. The molecule has 1 fully saturated rings. The number of ether oxygens (including phenoxy) is 1. The second-order valence-corrected chi connectivity index (χ2v) is 7.52. The number of aromatic nitrogens is 4. The standard InChI is InChI=1S/C24H19F2N5O2/c25-17-4-2-16(3-5-17)21-8-11-30(29-21)15-22-31(12-13-33-22)24(32)20-14-18(26)6-7-19(20)23-27-9-1-10-28-23/h1-11,14,22H,12-13,15H2. The van der Waals surface area contributed by atoms with Crippen molar-refractivity contribution in [3.63, 3.8) is 0 Å². The monoisotopic (exact) mass is 447 g/mol. The molecule has 1 aliphatic heterocycles. The van der Waals surface area contributed by atoms with Gasteiger partial charge in [-0.05, 0) is 54.6 Å². The third-order valence-corrected chi connectivity index (χ3v) is 5.39. The quantitative estimate of drug-likeness (QED) is 0.466. The molecule has 33 heavy (non-hydrogen) atoms. The van der Waals surface area contributed by atoms with Crippen LogP contribution in [-0.4, -0.2) is 49.9 Å². The molecule has 1 unspecified atom stereocenters. The summed E-state index contributed by atoms with van der Waals surface area (Å²) in [5.41, 5.74) is 2.08. The fraction of sp³-hybridized carbons (Fsp3) is 0.167. The molecule has 1 aliphatic rings. The number of hydrogen-bond acceptors (Lipinski definition) is 5. The largest absolute Gasteiger partial charge is 0.354 e. The molecule has 0 bridgehead atoms. The SMILES string of the molecule is O=C(c1cc(F)ccc1-c1ncccn1)N1CCOC1Cn1ccc(-c2ccc(F)cc2)n1. The van der Waals surface area contributed by atoms with Crippen LogP contribution in [0.3, 0.4) is 0 Å². The molecule has 1 saturated heterocycles. The van der Waals surface area contributed by atoms with Crippen LogP contribution in [0.1, 0.15) is 10.4 Å². The van der Waals surface area contributed by atoms with Gasteiger partial charge in [-0.3, -0.25) is 9.48 Å². The molecule has 4 aromatic rings. The summed E-state index contributed by atoms with van der Waals surface area (Å²) in [6, 6.07) is 13.5. The third kappa shape index (κ3) is 4.35. The topological polar surface area (TPSA) is 73.1 Å². The minimum absolute atomic E-state index is 0.171. The smallest absolute Gasteiger partial charge is 0.256 e. The number of hydrogen-bond donors (Lipinski definition) is 0. The molecule has 0 radical (unpaired) electrons. The summed E-state index contributed by atoms with van der Waals surface area (Å²) in [5.74, 6) is -0.867. The minimum Gasteiger partial charge on any atom is -0.354 e. The first-order valence-electron chi connectivity index (χ1n) is 10.4. The maximum absolute atomic E-state index is 14.1. The number of carbonyl (C=O) groups excluding carboxylic acids is 1. The van der Waals surface area contributed by atoms with E-state index in [9.17, 15) is 13.6 Å². The van der Waals surface area contributed by atoms with Gasteiger partial charge in [0.05, 0.1) is 24.4 Å². The van der Waals surface area contributed by atoms with Gasteiger partial charge in [-0.2, -0.15) is 5.10 Å². The lowest BCUT2D eigenvalue weighted by molar-refractivity contribution is 0.0172. The van der Waals surface area contributed by atoms with Crippen molar-refractivity contribution in [1.82, 2.24) is 24.6 Å². The molecule has 1 atom stereocenters. The van der Waals surface area contributed by atoms with Gasteiger partial charge in [0.25, 0.3) is 5.91 Å². The third-order valence-electron chi connectivity index (χ3n) is 5.39. The molecule has 2 aromatic carbocycles. The lowest BCUT2D eigenvalue weighted by Crippen LogP contribution is -2.39.